The molecule has 0 radical (unpaired) electrons. The van der Waals surface area contributed by atoms with Crippen LogP contribution in [-0.4, -0.2) is 41.7 Å². The molecule has 0 amide bonds. The molecule has 2 aliphatic rings. The third kappa shape index (κ3) is 4.79. The van der Waals surface area contributed by atoms with Gasteiger partial charge >= 0.3 is 0 Å². The minimum atomic E-state index is -0.832. The lowest BCUT2D eigenvalue weighted by Crippen LogP contribution is -2.42. The van der Waals surface area contributed by atoms with Gasteiger partial charge in [0.05, 0.1) is 30.0 Å². The van der Waals surface area contributed by atoms with Gasteiger partial charge in [0.2, 0.25) is 0 Å². The zero-order valence-electron chi connectivity index (χ0n) is 19.9. The summed E-state index contributed by atoms with van der Waals surface area (Å²) in [6.07, 6.45) is 6.30. The van der Waals surface area contributed by atoms with Crippen LogP contribution in [0.25, 0.3) is 5.57 Å². The lowest BCUT2D eigenvalue weighted by Gasteiger charge is -2.38. The van der Waals surface area contributed by atoms with Crippen LogP contribution in [0.3, 0.4) is 0 Å². The number of hydrogen-bond donors (Lipinski definition) is 1. The Hall–Kier alpha value is -3.66. The number of nitriles is 1. The molecular weight excluding hydrogens is 438 g/mol. The summed E-state index contributed by atoms with van der Waals surface area (Å²) < 4.78 is 11.5. The van der Waals surface area contributed by atoms with Gasteiger partial charge in [-0.25, -0.2) is 0 Å². The summed E-state index contributed by atoms with van der Waals surface area (Å²) in [4.78, 5) is 6.96. The molecule has 3 heterocycles. The Kier molecular flexibility index (Phi) is 6.54. The fourth-order valence-corrected chi connectivity index (χ4v) is 4.96. The largest absolute Gasteiger partial charge is 0.497 e. The van der Waals surface area contributed by atoms with Crippen LogP contribution in [0, 0.1) is 11.3 Å². The first-order valence-electron chi connectivity index (χ1n) is 12.0. The summed E-state index contributed by atoms with van der Waals surface area (Å²) in [7, 11) is 1.67. The molecule has 6 nitrogen and oxygen atoms in total. The van der Waals surface area contributed by atoms with Crippen LogP contribution in [0.2, 0.25) is 0 Å². The Morgan fingerprint density at radius 1 is 1.14 bits per heavy atom. The normalized spacial score (nSPS) is 18.0. The molecule has 1 fully saturated rings. The maximum absolute atomic E-state index is 11.2. The molecule has 0 aliphatic carbocycles. The number of methoxy groups -OCH3 is 1. The number of ether oxygens (including phenoxy) is 2. The second-order valence-electron chi connectivity index (χ2n) is 9.12. The Labute approximate surface area is 206 Å². The van der Waals surface area contributed by atoms with E-state index in [-0.39, 0.29) is 0 Å². The maximum Gasteiger partial charge on any atom is 0.131 e. The minimum absolute atomic E-state index is 0.437. The molecule has 0 atom stereocenters. The number of rotatable bonds is 5. The fraction of sp³-hybridized carbons (Fsp3) is 0.310. The van der Waals surface area contributed by atoms with Crippen molar-refractivity contribution in [3.8, 4) is 17.6 Å². The van der Waals surface area contributed by atoms with Gasteiger partial charge in [-0.1, -0.05) is 24.3 Å². The van der Waals surface area contributed by atoms with E-state index in [1.165, 1.54) is 0 Å². The number of aliphatic hydroxyl groups is 1. The SMILES string of the molecule is COc1ccc2c(c1)/C(=C/CCN1CCC(O)(c3ccc(C#N)cc3)CC1)c1cccnc1CO2. The molecular formula is C29H29N3O3. The van der Waals surface area contributed by atoms with E-state index in [1.54, 1.807) is 25.4 Å². The average molecular weight is 468 g/mol. The van der Waals surface area contributed by atoms with Gasteiger partial charge in [0, 0.05) is 37.0 Å². The van der Waals surface area contributed by atoms with E-state index in [9.17, 15) is 5.11 Å². The van der Waals surface area contributed by atoms with Crippen molar-refractivity contribution >= 4 is 5.57 Å². The highest BCUT2D eigenvalue weighted by Gasteiger charge is 2.33. The highest BCUT2D eigenvalue weighted by molar-refractivity contribution is 5.85. The molecule has 2 aromatic carbocycles. The minimum Gasteiger partial charge on any atom is -0.497 e. The van der Waals surface area contributed by atoms with Crippen LogP contribution in [0.4, 0.5) is 0 Å². The van der Waals surface area contributed by atoms with Crippen molar-refractivity contribution in [3.63, 3.8) is 0 Å². The van der Waals surface area contributed by atoms with Gasteiger partial charge in [-0.15, -0.1) is 0 Å². The van der Waals surface area contributed by atoms with Gasteiger partial charge in [0.1, 0.15) is 18.1 Å². The number of likely N-dealkylation sites (tertiary alicyclic amines) is 1. The van der Waals surface area contributed by atoms with Crippen LogP contribution in [0.1, 0.15) is 47.2 Å². The predicted molar refractivity (Wildman–Crippen MR) is 134 cm³/mol. The number of benzene rings is 2. The molecule has 0 unspecified atom stereocenters. The third-order valence-electron chi connectivity index (χ3n) is 7.05. The van der Waals surface area contributed by atoms with Gasteiger partial charge in [0.25, 0.3) is 0 Å². The van der Waals surface area contributed by atoms with Crippen molar-refractivity contribution in [1.82, 2.24) is 9.88 Å². The number of fused-ring (bicyclic) bond motifs is 2. The molecule has 2 aliphatic heterocycles. The number of aromatic nitrogens is 1. The van der Waals surface area contributed by atoms with E-state index in [4.69, 9.17) is 14.7 Å². The van der Waals surface area contributed by atoms with Crippen LogP contribution in [0.5, 0.6) is 11.5 Å². The predicted octanol–water partition coefficient (Wildman–Crippen LogP) is 4.66. The molecule has 1 aromatic heterocycles. The molecule has 178 valence electrons. The topological polar surface area (TPSA) is 78.6 Å². The van der Waals surface area contributed by atoms with Crippen molar-refractivity contribution in [2.24, 2.45) is 0 Å². The van der Waals surface area contributed by atoms with E-state index in [2.05, 4.69) is 28.1 Å². The molecule has 0 spiro atoms. The van der Waals surface area contributed by atoms with Crippen molar-refractivity contribution < 1.29 is 14.6 Å². The Bertz CT molecular complexity index is 1270. The first-order valence-corrected chi connectivity index (χ1v) is 12.0. The smallest absolute Gasteiger partial charge is 0.131 e. The van der Waals surface area contributed by atoms with Crippen molar-refractivity contribution in [2.75, 3.05) is 26.7 Å². The van der Waals surface area contributed by atoms with E-state index in [1.807, 2.05) is 36.4 Å². The van der Waals surface area contributed by atoms with Gasteiger partial charge in [-0.3, -0.25) is 4.98 Å². The fourth-order valence-electron chi connectivity index (χ4n) is 4.96. The van der Waals surface area contributed by atoms with E-state index in [0.29, 0.717) is 25.0 Å². The lowest BCUT2D eigenvalue weighted by atomic mass is 9.84. The van der Waals surface area contributed by atoms with Crippen LogP contribution in [0.15, 0.2) is 66.9 Å². The van der Waals surface area contributed by atoms with Crippen LogP contribution < -0.4 is 9.47 Å². The van der Waals surface area contributed by atoms with E-state index in [0.717, 1.165) is 65.5 Å². The number of pyridine rings is 1. The lowest BCUT2D eigenvalue weighted by molar-refractivity contribution is -0.0254. The number of nitrogens with zero attached hydrogens (tertiary/aromatic N) is 3. The van der Waals surface area contributed by atoms with Gasteiger partial charge < -0.3 is 19.5 Å². The molecule has 1 N–H and O–H groups in total. The quantitative estimate of drug-likeness (QED) is 0.588. The summed E-state index contributed by atoms with van der Waals surface area (Å²) in [5.41, 5.74) is 4.83. The molecule has 6 heteroatoms. The second-order valence-corrected chi connectivity index (χ2v) is 9.12. The van der Waals surface area contributed by atoms with Crippen molar-refractivity contribution in [1.29, 1.82) is 5.26 Å². The first kappa shape index (κ1) is 23.1. The van der Waals surface area contributed by atoms with Crippen LogP contribution in [-0.2, 0) is 12.2 Å². The van der Waals surface area contributed by atoms with E-state index < -0.39 is 5.60 Å². The Balaban J connectivity index is 1.30. The molecule has 0 bridgehead atoms. The molecule has 35 heavy (non-hydrogen) atoms. The number of piperidine rings is 1. The highest BCUT2D eigenvalue weighted by atomic mass is 16.5. The maximum atomic E-state index is 11.2. The summed E-state index contributed by atoms with van der Waals surface area (Å²) in [5, 5.41) is 20.2. The number of hydrogen-bond acceptors (Lipinski definition) is 6. The zero-order chi connectivity index (χ0) is 24.3. The standard InChI is InChI=1S/C29H29N3O3/c1-34-23-10-11-28-26(18-23)24(25-4-2-14-31-27(25)20-35-28)5-3-15-32-16-12-29(33,13-17-32)22-8-6-21(19-30)7-9-22/h2,4-11,14,18,33H,3,12-13,15-17,20H2,1H3/b24-5+. The first-order chi connectivity index (χ1) is 17.1. The summed E-state index contributed by atoms with van der Waals surface area (Å²) in [5.74, 6) is 1.63. The Morgan fingerprint density at radius 3 is 2.69 bits per heavy atom. The Morgan fingerprint density at radius 2 is 1.94 bits per heavy atom. The van der Waals surface area contributed by atoms with Crippen molar-refractivity contribution in [3.05, 3.63) is 94.8 Å². The third-order valence-corrected chi connectivity index (χ3v) is 7.05. The summed E-state index contributed by atoms with van der Waals surface area (Å²) >= 11 is 0. The summed E-state index contributed by atoms with van der Waals surface area (Å²) in [6.45, 7) is 2.99. The van der Waals surface area contributed by atoms with Gasteiger partial charge in [0.15, 0.2) is 0 Å². The van der Waals surface area contributed by atoms with Gasteiger partial charge in [-0.05, 0) is 66.8 Å². The molecule has 0 saturated carbocycles. The molecule has 1 saturated heterocycles. The molecule has 5 rings (SSSR count). The zero-order valence-corrected chi connectivity index (χ0v) is 19.9. The van der Waals surface area contributed by atoms with Crippen LogP contribution >= 0.6 is 0 Å². The highest BCUT2D eigenvalue weighted by Crippen LogP contribution is 2.38. The average Bonchev–Trinajstić information content (AvgIpc) is 3.06. The molecule has 3 aromatic rings. The summed E-state index contributed by atoms with van der Waals surface area (Å²) in [6, 6.07) is 19.4. The monoisotopic (exact) mass is 467 g/mol. The van der Waals surface area contributed by atoms with Gasteiger partial charge in [-0.2, -0.15) is 5.26 Å². The van der Waals surface area contributed by atoms with Crippen molar-refractivity contribution in [2.45, 2.75) is 31.5 Å². The second kappa shape index (κ2) is 9.91. The van der Waals surface area contributed by atoms with E-state index >= 15 is 0 Å².